The average molecular weight is 198 g/mol. The number of furan rings is 1. The molecule has 0 aliphatic rings. The van der Waals surface area contributed by atoms with Gasteiger partial charge in [-0.3, -0.25) is 0 Å². The van der Waals surface area contributed by atoms with E-state index in [1.54, 1.807) is 6.92 Å². The predicted molar refractivity (Wildman–Crippen MR) is 46.1 cm³/mol. The monoisotopic (exact) mass is 198 g/mol. The van der Waals surface area contributed by atoms with Crippen LogP contribution in [0.4, 0.5) is 0 Å². The van der Waals surface area contributed by atoms with E-state index in [9.17, 15) is 9.59 Å². The first-order chi connectivity index (χ1) is 6.60. The summed E-state index contributed by atoms with van der Waals surface area (Å²) in [6, 6.07) is 1.43. The number of ether oxygens (including phenoxy) is 2. The van der Waals surface area contributed by atoms with E-state index in [4.69, 9.17) is 4.42 Å². The number of carbonyl (C=O) groups is 2. The lowest BCUT2D eigenvalue weighted by atomic mass is 10.2. The quantitative estimate of drug-likeness (QED) is 0.667. The number of esters is 2. The summed E-state index contributed by atoms with van der Waals surface area (Å²) >= 11 is 0. The first-order valence-electron chi connectivity index (χ1n) is 3.87. The highest BCUT2D eigenvalue weighted by atomic mass is 16.5. The van der Waals surface area contributed by atoms with Gasteiger partial charge in [-0.1, -0.05) is 0 Å². The molecule has 0 amide bonds. The van der Waals surface area contributed by atoms with Crippen molar-refractivity contribution in [2.45, 2.75) is 6.92 Å². The Bertz CT molecular complexity index is 363. The van der Waals surface area contributed by atoms with Crippen molar-refractivity contribution in [2.75, 3.05) is 14.2 Å². The van der Waals surface area contributed by atoms with Crippen LogP contribution in [-0.2, 0) is 9.47 Å². The molecule has 1 aromatic rings. The Morgan fingerprint density at radius 1 is 1.21 bits per heavy atom. The molecule has 0 atom stereocenters. The van der Waals surface area contributed by atoms with Gasteiger partial charge in [0, 0.05) is 5.56 Å². The Morgan fingerprint density at radius 3 is 2.29 bits per heavy atom. The first kappa shape index (κ1) is 10.3. The highest BCUT2D eigenvalue weighted by Gasteiger charge is 2.19. The van der Waals surface area contributed by atoms with Gasteiger partial charge in [-0.05, 0) is 13.0 Å². The van der Waals surface area contributed by atoms with Gasteiger partial charge < -0.3 is 13.9 Å². The van der Waals surface area contributed by atoms with Gasteiger partial charge in [0.25, 0.3) is 0 Å². The molecule has 0 aromatic carbocycles. The van der Waals surface area contributed by atoms with E-state index in [0.717, 1.165) is 0 Å². The van der Waals surface area contributed by atoms with Crippen LogP contribution in [0.3, 0.4) is 0 Å². The molecular weight excluding hydrogens is 188 g/mol. The van der Waals surface area contributed by atoms with Crippen LogP contribution in [0.15, 0.2) is 10.5 Å². The maximum absolute atomic E-state index is 11.1. The topological polar surface area (TPSA) is 65.7 Å². The summed E-state index contributed by atoms with van der Waals surface area (Å²) in [5.41, 5.74) is 0.539. The molecule has 14 heavy (non-hydrogen) atoms. The zero-order chi connectivity index (χ0) is 10.7. The van der Waals surface area contributed by atoms with Gasteiger partial charge in [0.15, 0.2) is 0 Å². The largest absolute Gasteiger partial charge is 0.463 e. The van der Waals surface area contributed by atoms with E-state index >= 15 is 0 Å². The molecule has 1 heterocycles. The Balaban J connectivity index is 3.05. The number of aryl methyl sites for hydroxylation is 1. The fourth-order valence-corrected chi connectivity index (χ4v) is 0.979. The summed E-state index contributed by atoms with van der Waals surface area (Å²) < 4.78 is 13.9. The lowest BCUT2D eigenvalue weighted by Gasteiger charge is -1.95. The van der Waals surface area contributed by atoms with Crippen LogP contribution < -0.4 is 0 Å². The van der Waals surface area contributed by atoms with Crippen LogP contribution in [0.1, 0.15) is 26.7 Å². The van der Waals surface area contributed by atoms with Gasteiger partial charge >= 0.3 is 11.9 Å². The van der Waals surface area contributed by atoms with Crippen molar-refractivity contribution in [3.05, 3.63) is 23.2 Å². The third-order valence-corrected chi connectivity index (χ3v) is 1.68. The van der Waals surface area contributed by atoms with E-state index in [2.05, 4.69) is 9.47 Å². The van der Waals surface area contributed by atoms with Gasteiger partial charge in [0.05, 0.1) is 14.2 Å². The lowest BCUT2D eigenvalue weighted by molar-refractivity contribution is 0.0530. The Morgan fingerprint density at radius 2 is 1.79 bits per heavy atom. The minimum Gasteiger partial charge on any atom is -0.463 e. The molecule has 0 aliphatic heterocycles. The minimum absolute atomic E-state index is 0.00889. The summed E-state index contributed by atoms with van der Waals surface area (Å²) in [5.74, 6) is -1.22. The second kappa shape index (κ2) is 3.95. The second-order valence-electron chi connectivity index (χ2n) is 2.61. The first-order valence-corrected chi connectivity index (χ1v) is 3.87. The number of rotatable bonds is 2. The van der Waals surface area contributed by atoms with E-state index in [0.29, 0.717) is 5.56 Å². The number of hydrogen-bond acceptors (Lipinski definition) is 5. The number of methoxy groups -OCH3 is 2. The molecule has 0 bridgehead atoms. The average Bonchev–Trinajstić information content (AvgIpc) is 2.58. The summed E-state index contributed by atoms with van der Waals surface area (Å²) in [5, 5.41) is 0. The summed E-state index contributed by atoms with van der Waals surface area (Å²) in [6.45, 7) is 1.64. The van der Waals surface area contributed by atoms with Crippen LogP contribution in [0.2, 0.25) is 0 Å². The fourth-order valence-electron chi connectivity index (χ4n) is 0.979. The normalized spacial score (nSPS) is 9.64. The molecule has 0 saturated heterocycles. The summed E-state index contributed by atoms with van der Waals surface area (Å²) in [7, 11) is 2.47. The molecule has 0 N–H and O–H groups in total. The SMILES string of the molecule is COC(=O)c1cc(C)c(C(=O)OC)o1. The molecule has 0 fully saturated rings. The molecule has 0 spiro atoms. The second-order valence-corrected chi connectivity index (χ2v) is 2.61. The van der Waals surface area contributed by atoms with Crippen molar-refractivity contribution in [1.29, 1.82) is 0 Å². The number of hydrogen-bond donors (Lipinski definition) is 0. The van der Waals surface area contributed by atoms with E-state index in [1.807, 2.05) is 0 Å². The van der Waals surface area contributed by atoms with Crippen LogP contribution in [0, 0.1) is 6.92 Å². The number of carbonyl (C=O) groups excluding carboxylic acids is 2. The minimum atomic E-state index is -0.622. The van der Waals surface area contributed by atoms with E-state index in [-0.39, 0.29) is 11.5 Å². The molecule has 1 rings (SSSR count). The van der Waals surface area contributed by atoms with Gasteiger partial charge in [-0.2, -0.15) is 0 Å². The van der Waals surface area contributed by atoms with Crippen molar-refractivity contribution < 1.29 is 23.5 Å². The van der Waals surface area contributed by atoms with Crippen LogP contribution in [0.25, 0.3) is 0 Å². The molecular formula is C9H10O5. The highest BCUT2D eigenvalue weighted by Crippen LogP contribution is 2.16. The molecule has 5 heteroatoms. The molecule has 5 nitrogen and oxygen atoms in total. The summed E-state index contributed by atoms with van der Waals surface area (Å²) in [6.07, 6.45) is 0. The highest BCUT2D eigenvalue weighted by molar-refractivity contribution is 5.92. The molecule has 0 unspecified atom stereocenters. The van der Waals surface area contributed by atoms with Crippen molar-refractivity contribution in [1.82, 2.24) is 0 Å². The van der Waals surface area contributed by atoms with Crippen molar-refractivity contribution in [3.8, 4) is 0 Å². The van der Waals surface area contributed by atoms with Crippen LogP contribution in [0.5, 0.6) is 0 Å². The van der Waals surface area contributed by atoms with Gasteiger partial charge in [-0.25, -0.2) is 9.59 Å². The van der Waals surface area contributed by atoms with Crippen molar-refractivity contribution in [3.63, 3.8) is 0 Å². The van der Waals surface area contributed by atoms with Gasteiger partial charge in [0.2, 0.25) is 11.5 Å². The van der Waals surface area contributed by atoms with Crippen molar-refractivity contribution >= 4 is 11.9 Å². The smallest absolute Gasteiger partial charge is 0.374 e. The van der Waals surface area contributed by atoms with Crippen LogP contribution >= 0.6 is 0 Å². The molecule has 1 aromatic heterocycles. The maximum atomic E-state index is 11.1. The summed E-state index contributed by atoms with van der Waals surface area (Å²) in [4.78, 5) is 22.1. The fraction of sp³-hybridized carbons (Fsp3) is 0.333. The molecule has 0 aliphatic carbocycles. The Labute approximate surface area is 80.6 Å². The Hall–Kier alpha value is -1.78. The predicted octanol–water partition coefficient (Wildman–Crippen LogP) is 1.16. The molecule has 0 radical (unpaired) electrons. The maximum Gasteiger partial charge on any atom is 0.374 e. The Kier molecular flexibility index (Phi) is 2.91. The molecule has 0 saturated carbocycles. The molecule has 76 valence electrons. The third kappa shape index (κ3) is 1.76. The van der Waals surface area contributed by atoms with E-state index in [1.165, 1.54) is 20.3 Å². The lowest BCUT2D eigenvalue weighted by Crippen LogP contribution is -2.01. The third-order valence-electron chi connectivity index (χ3n) is 1.68. The van der Waals surface area contributed by atoms with Gasteiger partial charge in [0.1, 0.15) is 0 Å². The van der Waals surface area contributed by atoms with Crippen LogP contribution in [-0.4, -0.2) is 26.2 Å². The van der Waals surface area contributed by atoms with E-state index < -0.39 is 11.9 Å². The zero-order valence-electron chi connectivity index (χ0n) is 8.12. The standard InChI is InChI=1S/C9H10O5/c1-5-4-6(8(10)12-2)14-7(5)9(11)13-3/h4H,1-3H3. The zero-order valence-corrected chi connectivity index (χ0v) is 8.12. The van der Waals surface area contributed by atoms with Gasteiger partial charge in [-0.15, -0.1) is 0 Å². The van der Waals surface area contributed by atoms with Crippen molar-refractivity contribution in [2.24, 2.45) is 0 Å².